The maximum absolute atomic E-state index is 2.56. The van der Waals surface area contributed by atoms with Crippen molar-refractivity contribution in [1.82, 2.24) is 0 Å². The van der Waals surface area contributed by atoms with Crippen LogP contribution in [0.2, 0.25) is 0 Å². The van der Waals surface area contributed by atoms with E-state index in [9.17, 15) is 0 Å². The van der Waals surface area contributed by atoms with E-state index in [4.69, 9.17) is 0 Å². The first kappa shape index (κ1) is 37.2. The standard InChI is InChI=1S/C39H74N/c1-4-6-8-10-12-14-16-18-20-22-24-26-28-30-34-38(3)39-35-31-33-37-40(39)36-32-29-27-25-23-21-19-17-15-13-11-9-7-5-2/h31,33,35,37-38H,4-30,32,34,36H2,1-3H3/q+1. The molecule has 0 saturated carbocycles. The van der Waals surface area contributed by atoms with Gasteiger partial charge in [0.05, 0.1) is 0 Å². The van der Waals surface area contributed by atoms with E-state index in [0.717, 1.165) is 0 Å². The Labute approximate surface area is 253 Å². The summed E-state index contributed by atoms with van der Waals surface area (Å²) in [4.78, 5) is 0. The summed E-state index contributed by atoms with van der Waals surface area (Å²) in [5.41, 5.74) is 1.56. The van der Waals surface area contributed by atoms with E-state index in [0.29, 0.717) is 5.92 Å². The van der Waals surface area contributed by atoms with E-state index in [2.05, 4.69) is 49.7 Å². The van der Waals surface area contributed by atoms with Crippen molar-refractivity contribution < 1.29 is 4.57 Å². The van der Waals surface area contributed by atoms with Gasteiger partial charge < -0.3 is 0 Å². The van der Waals surface area contributed by atoms with Crippen LogP contribution >= 0.6 is 0 Å². The monoisotopic (exact) mass is 557 g/mol. The summed E-state index contributed by atoms with van der Waals surface area (Å²) in [7, 11) is 0. The quantitative estimate of drug-likeness (QED) is 0.0632. The van der Waals surface area contributed by atoms with Crippen LogP contribution in [0.4, 0.5) is 0 Å². The first-order chi connectivity index (χ1) is 19.8. The largest absolute Gasteiger partial charge is 0.202 e. The minimum atomic E-state index is 0.685. The van der Waals surface area contributed by atoms with Gasteiger partial charge >= 0.3 is 0 Å². The zero-order chi connectivity index (χ0) is 28.8. The lowest BCUT2D eigenvalue weighted by Crippen LogP contribution is -2.38. The van der Waals surface area contributed by atoms with Gasteiger partial charge in [-0.3, -0.25) is 0 Å². The fourth-order valence-corrected chi connectivity index (χ4v) is 6.41. The Morgan fingerprint density at radius 2 is 0.800 bits per heavy atom. The highest BCUT2D eigenvalue weighted by Crippen LogP contribution is 2.21. The lowest BCUT2D eigenvalue weighted by Gasteiger charge is -2.11. The lowest BCUT2D eigenvalue weighted by molar-refractivity contribution is -0.705. The molecular weight excluding hydrogens is 482 g/mol. The van der Waals surface area contributed by atoms with E-state index < -0.39 is 0 Å². The van der Waals surface area contributed by atoms with Crippen molar-refractivity contribution in [2.45, 2.75) is 219 Å². The Bertz CT molecular complexity index is 623. The third-order valence-corrected chi connectivity index (χ3v) is 9.22. The van der Waals surface area contributed by atoms with Gasteiger partial charge in [-0.25, -0.2) is 4.57 Å². The molecule has 1 heteroatoms. The minimum absolute atomic E-state index is 0.685. The molecule has 1 nitrogen and oxygen atoms in total. The first-order valence-corrected chi connectivity index (χ1v) is 18.8. The van der Waals surface area contributed by atoms with Gasteiger partial charge in [-0.15, -0.1) is 0 Å². The number of aryl methyl sites for hydroxylation is 1. The lowest BCUT2D eigenvalue weighted by atomic mass is 9.97. The Morgan fingerprint density at radius 1 is 0.450 bits per heavy atom. The number of hydrogen-bond acceptors (Lipinski definition) is 0. The predicted molar refractivity (Wildman–Crippen MR) is 180 cm³/mol. The molecule has 0 aliphatic carbocycles. The fraction of sp³-hybridized carbons (Fsp3) is 0.872. The molecule has 0 amide bonds. The molecule has 0 N–H and O–H groups in total. The number of nitrogens with zero attached hydrogens (tertiary/aromatic N) is 1. The molecule has 0 fully saturated rings. The molecule has 0 bridgehead atoms. The summed E-state index contributed by atoms with van der Waals surface area (Å²) >= 11 is 0. The molecule has 40 heavy (non-hydrogen) atoms. The normalized spacial score (nSPS) is 12.3. The molecule has 1 heterocycles. The van der Waals surface area contributed by atoms with Crippen LogP contribution in [0.25, 0.3) is 0 Å². The van der Waals surface area contributed by atoms with Gasteiger partial charge in [0.15, 0.2) is 11.9 Å². The highest BCUT2D eigenvalue weighted by atomic mass is 15.0. The van der Waals surface area contributed by atoms with Crippen molar-refractivity contribution in [3.05, 3.63) is 30.1 Å². The second kappa shape index (κ2) is 29.6. The molecule has 0 radical (unpaired) electrons. The fourth-order valence-electron chi connectivity index (χ4n) is 6.41. The summed E-state index contributed by atoms with van der Waals surface area (Å²) in [6, 6.07) is 6.86. The van der Waals surface area contributed by atoms with E-state index in [-0.39, 0.29) is 0 Å². The van der Waals surface area contributed by atoms with Crippen LogP contribution in [-0.4, -0.2) is 0 Å². The number of rotatable bonds is 31. The number of hydrogen-bond donors (Lipinski definition) is 0. The second-order valence-corrected chi connectivity index (χ2v) is 13.2. The smallest absolute Gasteiger partial charge is 0.184 e. The van der Waals surface area contributed by atoms with E-state index in [1.807, 2.05) is 0 Å². The van der Waals surface area contributed by atoms with Crippen LogP contribution in [0.5, 0.6) is 0 Å². The molecule has 0 saturated heterocycles. The van der Waals surface area contributed by atoms with Gasteiger partial charge in [-0.05, 0) is 12.8 Å². The van der Waals surface area contributed by atoms with Gasteiger partial charge in [0.1, 0.15) is 6.54 Å². The Balaban J connectivity index is 1.99. The summed E-state index contributed by atoms with van der Waals surface area (Å²) in [6.45, 7) is 8.28. The van der Waals surface area contributed by atoms with Gasteiger partial charge in [-0.1, -0.05) is 194 Å². The third-order valence-electron chi connectivity index (χ3n) is 9.22. The number of unbranched alkanes of at least 4 members (excludes halogenated alkanes) is 26. The summed E-state index contributed by atoms with van der Waals surface area (Å²) in [6.07, 6.45) is 44.0. The maximum Gasteiger partial charge on any atom is 0.184 e. The van der Waals surface area contributed by atoms with Crippen LogP contribution in [-0.2, 0) is 6.54 Å². The Kier molecular flexibility index (Phi) is 27.5. The maximum atomic E-state index is 2.56. The van der Waals surface area contributed by atoms with Crippen molar-refractivity contribution in [3.63, 3.8) is 0 Å². The van der Waals surface area contributed by atoms with Crippen LogP contribution in [0.15, 0.2) is 24.4 Å². The zero-order valence-electron chi connectivity index (χ0n) is 28.0. The van der Waals surface area contributed by atoms with E-state index in [1.54, 1.807) is 5.69 Å². The number of pyridine rings is 1. The van der Waals surface area contributed by atoms with E-state index >= 15 is 0 Å². The topological polar surface area (TPSA) is 3.88 Å². The highest BCUT2D eigenvalue weighted by molar-refractivity contribution is 5.02. The van der Waals surface area contributed by atoms with Crippen molar-refractivity contribution in [1.29, 1.82) is 0 Å². The van der Waals surface area contributed by atoms with Crippen LogP contribution in [0, 0.1) is 0 Å². The van der Waals surface area contributed by atoms with Crippen LogP contribution in [0.3, 0.4) is 0 Å². The minimum Gasteiger partial charge on any atom is -0.202 e. The van der Waals surface area contributed by atoms with Crippen molar-refractivity contribution in [3.8, 4) is 0 Å². The van der Waals surface area contributed by atoms with Crippen molar-refractivity contribution in [2.24, 2.45) is 0 Å². The second-order valence-electron chi connectivity index (χ2n) is 13.2. The molecule has 0 aromatic carbocycles. The predicted octanol–water partition coefficient (Wildman–Crippen LogP) is 13.4. The van der Waals surface area contributed by atoms with E-state index in [1.165, 1.54) is 193 Å². The van der Waals surface area contributed by atoms with Gasteiger partial charge in [0.2, 0.25) is 0 Å². The van der Waals surface area contributed by atoms with Gasteiger partial charge in [-0.2, -0.15) is 0 Å². The SMILES string of the molecule is CCCCCCCCCCCCCCCCC(C)c1cccc[n+]1CCCCCCCCCCCCCCCC. The molecule has 234 valence electrons. The van der Waals surface area contributed by atoms with Crippen LogP contribution in [0.1, 0.15) is 219 Å². The highest BCUT2D eigenvalue weighted by Gasteiger charge is 2.16. The number of aromatic nitrogens is 1. The summed E-state index contributed by atoms with van der Waals surface area (Å²) in [5.74, 6) is 0.685. The summed E-state index contributed by atoms with van der Waals surface area (Å²) < 4.78 is 2.56. The Morgan fingerprint density at radius 3 is 1.20 bits per heavy atom. The molecule has 0 aliphatic rings. The average Bonchev–Trinajstić information content (AvgIpc) is 2.97. The molecule has 0 aliphatic heterocycles. The molecule has 1 aromatic heterocycles. The molecule has 1 aromatic rings. The molecule has 1 unspecified atom stereocenters. The van der Waals surface area contributed by atoms with Gasteiger partial charge in [0, 0.05) is 24.5 Å². The van der Waals surface area contributed by atoms with Gasteiger partial charge in [0.25, 0.3) is 0 Å². The Hall–Kier alpha value is -0.850. The molecule has 0 spiro atoms. The third kappa shape index (κ3) is 22.8. The summed E-state index contributed by atoms with van der Waals surface area (Å²) in [5, 5.41) is 0. The first-order valence-electron chi connectivity index (χ1n) is 18.8. The average molecular weight is 557 g/mol. The molecular formula is C39H74N+. The zero-order valence-corrected chi connectivity index (χ0v) is 28.0. The molecule has 1 atom stereocenters. The van der Waals surface area contributed by atoms with Crippen molar-refractivity contribution >= 4 is 0 Å². The molecule has 1 rings (SSSR count). The van der Waals surface area contributed by atoms with Crippen LogP contribution < -0.4 is 4.57 Å². The van der Waals surface area contributed by atoms with Crippen molar-refractivity contribution in [2.75, 3.05) is 0 Å².